The van der Waals surface area contributed by atoms with Crippen LogP contribution >= 0.6 is 0 Å². The van der Waals surface area contributed by atoms with E-state index >= 15 is 0 Å². The standard InChI is InChI=1S/C22H44O2.C8H6O4/c1-3-5-7-8-9-10-11-12-13-14-15-16-17-18-19-20-22(23)24-21-6-4-2;9-7(10)5-3-1-2-4-6(5)8(11)12/h3-21H2,1-2H3;1-4H,(H,9,10)(H,11,12). The molecule has 0 radical (unpaired) electrons. The number of ether oxygens (including phenoxy) is 1. The maximum Gasteiger partial charge on any atom is 0.336 e. The van der Waals surface area contributed by atoms with Crippen LogP contribution in [0.1, 0.15) is 150 Å². The molecule has 0 aliphatic carbocycles. The molecule has 0 fully saturated rings. The van der Waals surface area contributed by atoms with Gasteiger partial charge in [0.1, 0.15) is 0 Å². The Balaban J connectivity index is 0.000000846. The van der Waals surface area contributed by atoms with Gasteiger partial charge >= 0.3 is 17.9 Å². The van der Waals surface area contributed by atoms with Crippen LogP contribution in [0.15, 0.2) is 24.3 Å². The van der Waals surface area contributed by atoms with Gasteiger partial charge in [0.05, 0.1) is 17.7 Å². The van der Waals surface area contributed by atoms with E-state index in [1.807, 2.05) is 0 Å². The quantitative estimate of drug-likeness (QED) is 0.128. The Morgan fingerprint density at radius 2 is 0.944 bits per heavy atom. The van der Waals surface area contributed by atoms with Crippen LogP contribution in [-0.2, 0) is 9.53 Å². The number of unbranched alkanes of at least 4 members (excludes halogenated alkanes) is 15. The molecule has 36 heavy (non-hydrogen) atoms. The van der Waals surface area contributed by atoms with E-state index in [0.29, 0.717) is 13.0 Å². The lowest BCUT2D eigenvalue weighted by Gasteiger charge is -2.04. The Morgan fingerprint density at radius 3 is 1.31 bits per heavy atom. The average Bonchev–Trinajstić information content (AvgIpc) is 2.87. The number of hydrogen-bond acceptors (Lipinski definition) is 4. The van der Waals surface area contributed by atoms with Gasteiger partial charge in [-0.2, -0.15) is 0 Å². The van der Waals surface area contributed by atoms with Crippen molar-refractivity contribution in [1.29, 1.82) is 0 Å². The van der Waals surface area contributed by atoms with Crippen molar-refractivity contribution >= 4 is 17.9 Å². The second-order valence-corrected chi connectivity index (χ2v) is 9.43. The SMILES string of the molecule is CCCCCCCCCCCCCCCCCC(=O)OCCCC.O=C(O)c1ccccc1C(=O)O. The van der Waals surface area contributed by atoms with Gasteiger partial charge in [0, 0.05) is 6.42 Å². The van der Waals surface area contributed by atoms with Crippen molar-refractivity contribution in [3.63, 3.8) is 0 Å². The number of benzene rings is 1. The molecule has 2 N–H and O–H groups in total. The molecule has 0 aromatic heterocycles. The Kier molecular flexibility index (Phi) is 22.7. The van der Waals surface area contributed by atoms with Crippen molar-refractivity contribution in [2.24, 2.45) is 0 Å². The summed E-state index contributed by atoms with van der Waals surface area (Å²) in [5.74, 6) is -2.46. The maximum atomic E-state index is 11.4. The lowest BCUT2D eigenvalue weighted by atomic mass is 10.0. The van der Waals surface area contributed by atoms with Crippen LogP contribution in [0.2, 0.25) is 0 Å². The lowest BCUT2D eigenvalue weighted by molar-refractivity contribution is -0.143. The van der Waals surface area contributed by atoms with Crippen LogP contribution in [0.4, 0.5) is 0 Å². The highest BCUT2D eigenvalue weighted by Gasteiger charge is 2.13. The Bertz CT molecular complexity index is 667. The molecule has 0 heterocycles. The first-order valence-corrected chi connectivity index (χ1v) is 14.1. The number of carbonyl (C=O) groups is 3. The van der Waals surface area contributed by atoms with Crippen LogP contribution in [0.3, 0.4) is 0 Å². The molecule has 206 valence electrons. The minimum absolute atomic E-state index is 0.00172. The Hall–Kier alpha value is -2.37. The van der Waals surface area contributed by atoms with Gasteiger partial charge in [-0.3, -0.25) is 4.79 Å². The summed E-state index contributed by atoms with van der Waals surface area (Å²) in [4.78, 5) is 32.4. The fourth-order valence-corrected chi connectivity index (χ4v) is 3.90. The minimum Gasteiger partial charge on any atom is -0.478 e. The van der Waals surface area contributed by atoms with Gasteiger partial charge in [-0.15, -0.1) is 0 Å². The van der Waals surface area contributed by atoms with Crippen molar-refractivity contribution in [3.05, 3.63) is 35.4 Å². The van der Waals surface area contributed by atoms with Gasteiger partial charge < -0.3 is 14.9 Å². The van der Waals surface area contributed by atoms with Crippen LogP contribution < -0.4 is 0 Å². The van der Waals surface area contributed by atoms with Crippen LogP contribution in [0, 0.1) is 0 Å². The summed E-state index contributed by atoms with van der Waals surface area (Å²) in [6, 6.07) is 5.48. The van der Waals surface area contributed by atoms with E-state index in [2.05, 4.69) is 13.8 Å². The highest BCUT2D eigenvalue weighted by atomic mass is 16.5. The number of carboxylic acid groups (broad SMARTS) is 2. The summed E-state index contributed by atoms with van der Waals surface area (Å²) in [5, 5.41) is 17.1. The molecule has 6 nitrogen and oxygen atoms in total. The third-order valence-electron chi connectivity index (χ3n) is 6.13. The Morgan fingerprint density at radius 1 is 0.583 bits per heavy atom. The zero-order chi connectivity index (χ0) is 26.9. The maximum absolute atomic E-state index is 11.4. The van der Waals surface area contributed by atoms with E-state index < -0.39 is 11.9 Å². The minimum atomic E-state index is -1.23. The summed E-state index contributed by atoms with van der Waals surface area (Å²) < 4.78 is 5.16. The monoisotopic (exact) mass is 506 g/mol. The predicted octanol–water partition coefficient (Wildman–Crippen LogP) is 8.67. The summed E-state index contributed by atoms with van der Waals surface area (Å²) >= 11 is 0. The van der Waals surface area contributed by atoms with Gasteiger partial charge in [-0.1, -0.05) is 122 Å². The molecule has 0 bridgehead atoms. The third-order valence-corrected chi connectivity index (χ3v) is 6.13. The first kappa shape index (κ1) is 33.6. The number of rotatable bonds is 21. The lowest BCUT2D eigenvalue weighted by Crippen LogP contribution is -2.06. The molecule has 0 saturated carbocycles. The van der Waals surface area contributed by atoms with Gasteiger partial charge in [-0.25, -0.2) is 9.59 Å². The predicted molar refractivity (Wildman–Crippen MR) is 146 cm³/mol. The summed E-state index contributed by atoms with van der Waals surface area (Å²) in [6.07, 6.45) is 23.1. The molecule has 1 rings (SSSR count). The summed E-state index contributed by atoms with van der Waals surface area (Å²) in [7, 11) is 0. The molecule has 0 aliphatic rings. The number of hydrogen-bond donors (Lipinski definition) is 2. The molecule has 0 atom stereocenters. The van der Waals surface area contributed by atoms with Gasteiger partial charge in [0.15, 0.2) is 0 Å². The molecule has 0 amide bonds. The molecule has 0 unspecified atom stereocenters. The normalized spacial score (nSPS) is 10.4. The molecule has 6 heteroatoms. The Labute approximate surface area is 218 Å². The van der Waals surface area contributed by atoms with Crippen molar-refractivity contribution in [2.75, 3.05) is 6.61 Å². The molecule has 1 aromatic carbocycles. The third kappa shape index (κ3) is 19.9. The van der Waals surface area contributed by atoms with Gasteiger partial charge in [-0.05, 0) is 25.0 Å². The van der Waals surface area contributed by atoms with E-state index in [4.69, 9.17) is 14.9 Å². The van der Waals surface area contributed by atoms with Crippen LogP contribution in [0.25, 0.3) is 0 Å². The molecular formula is C30H50O6. The van der Waals surface area contributed by atoms with E-state index in [9.17, 15) is 14.4 Å². The first-order valence-electron chi connectivity index (χ1n) is 14.1. The second kappa shape index (κ2) is 24.3. The smallest absolute Gasteiger partial charge is 0.336 e. The highest BCUT2D eigenvalue weighted by Crippen LogP contribution is 2.14. The van der Waals surface area contributed by atoms with Crippen molar-refractivity contribution in [2.45, 2.75) is 129 Å². The average molecular weight is 507 g/mol. The number of carbonyl (C=O) groups excluding carboxylic acids is 1. The van der Waals surface area contributed by atoms with Crippen molar-refractivity contribution < 1.29 is 29.3 Å². The molecule has 0 aliphatic heterocycles. The molecule has 0 spiro atoms. The highest BCUT2D eigenvalue weighted by molar-refractivity contribution is 6.01. The second-order valence-electron chi connectivity index (χ2n) is 9.43. The number of esters is 1. The number of aromatic carboxylic acids is 2. The fraction of sp³-hybridized carbons (Fsp3) is 0.700. The number of carboxylic acids is 2. The molecule has 1 aromatic rings. The van der Waals surface area contributed by atoms with E-state index in [-0.39, 0.29) is 17.1 Å². The first-order chi connectivity index (χ1) is 17.4. The molecule has 0 saturated heterocycles. The van der Waals surface area contributed by atoms with Crippen LogP contribution in [-0.4, -0.2) is 34.7 Å². The summed E-state index contributed by atoms with van der Waals surface area (Å²) in [5.41, 5.74) is -0.380. The zero-order valence-electron chi connectivity index (χ0n) is 22.8. The van der Waals surface area contributed by atoms with E-state index in [1.165, 1.54) is 114 Å². The zero-order valence-corrected chi connectivity index (χ0v) is 22.8. The van der Waals surface area contributed by atoms with E-state index in [1.54, 1.807) is 0 Å². The van der Waals surface area contributed by atoms with Crippen molar-refractivity contribution in [1.82, 2.24) is 0 Å². The summed E-state index contributed by atoms with van der Waals surface area (Å²) in [6.45, 7) is 5.00. The van der Waals surface area contributed by atoms with E-state index in [0.717, 1.165) is 19.3 Å². The van der Waals surface area contributed by atoms with Gasteiger partial charge in [0.2, 0.25) is 0 Å². The largest absolute Gasteiger partial charge is 0.478 e. The van der Waals surface area contributed by atoms with Crippen LogP contribution in [0.5, 0.6) is 0 Å². The fourth-order valence-electron chi connectivity index (χ4n) is 3.90. The van der Waals surface area contributed by atoms with Gasteiger partial charge in [0.25, 0.3) is 0 Å². The molecular weight excluding hydrogens is 456 g/mol. The topological polar surface area (TPSA) is 101 Å². The van der Waals surface area contributed by atoms with Crippen molar-refractivity contribution in [3.8, 4) is 0 Å².